The molecular weight excluding hydrogens is 612 g/mol. The summed E-state index contributed by atoms with van der Waals surface area (Å²) >= 11 is 0. The van der Waals surface area contributed by atoms with Crippen molar-refractivity contribution < 1.29 is 24.1 Å². The fourth-order valence-electron chi connectivity index (χ4n) is 6.79. The van der Waals surface area contributed by atoms with Crippen LogP contribution in [0, 0.1) is 6.92 Å². The van der Waals surface area contributed by atoms with E-state index in [1.54, 1.807) is 45.8 Å². The van der Waals surface area contributed by atoms with Crippen molar-refractivity contribution in [1.29, 1.82) is 0 Å². The lowest BCUT2D eigenvalue weighted by atomic mass is 9.79. The standard InChI is InChI=1S/C36H36N6O6/c1-23-20-41(34(44)40-31(23)37)32-29-30(43)35(48-32,21-42(29)33-38-18-7-19-39-33)22-47-36(24-8-5-4-6-9-24,25-10-14-27(45-2)15-11-25)26-12-16-28(46-3)17-13-26/h4-20,29-30,32,43H,21-22H2,1-3H3,(H2,37,40,44)/t29-,30+,32-,35-/m1/s1. The number of aryl methyl sites for hydroxylation is 1. The van der Waals surface area contributed by atoms with E-state index in [0.29, 0.717) is 23.0 Å². The highest BCUT2D eigenvalue weighted by Crippen LogP contribution is 2.50. The van der Waals surface area contributed by atoms with Crippen LogP contribution in [0.3, 0.4) is 0 Å². The Bertz CT molecular complexity index is 1890. The highest BCUT2D eigenvalue weighted by atomic mass is 16.6. The van der Waals surface area contributed by atoms with Gasteiger partial charge in [-0.1, -0.05) is 54.6 Å². The predicted molar refractivity (Wildman–Crippen MR) is 178 cm³/mol. The van der Waals surface area contributed by atoms with E-state index >= 15 is 0 Å². The van der Waals surface area contributed by atoms with E-state index < -0.39 is 35.3 Å². The number of benzene rings is 3. The molecule has 4 heterocycles. The number of morpholine rings is 1. The Morgan fingerprint density at radius 2 is 1.50 bits per heavy atom. The fourth-order valence-corrected chi connectivity index (χ4v) is 6.79. The Hall–Kier alpha value is -5.30. The molecule has 2 bridgehead atoms. The molecule has 2 fully saturated rings. The van der Waals surface area contributed by atoms with Crippen LogP contribution in [0.2, 0.25) is 0 Å². The minimum Gasteiger partial charge on any atom is -0.497 e. The molecule has 4 atom stereocenters. The van der Waals surface area contributed by atoms with Crippen LogP contribution in [0.5, 0.6) is 11.5 Å². The average Bonchev–Trinajstić information content (AvgIpc) is 3.57. The maximum atomic E-state index is 13.2. The molecule has 2 aliphatic heterocycles. The first-order chi connectivity index (χ1) is 23.3. The van der Waals surface area contributed by atoms with E-state index in [2.05, 4.69) is 15.0 Å². The Morgan fingerprint density at radius 1 is 0.917 bits per heavy atom. The lowest BCUT2D eigenvalue weighted by molar-refractivity contribution is -0.159. The Labute approximate surface area is 277 Å². The maximum Gasteiger partial charge on any atom is 0.351 e. The molecule has 0 aliphatic carbocycles. The van der Waals surface area contributed by atoms with Gasteiger partial charge >= 0.3 is 5.69 Å². The second kappa shape index (κ2) is 12.4. The van der Waals surface area contributed by atoms with Gasteiger partial charge < -0.3 is 34.7 Å². The first kappa shape index (κ1) is 31.3. The number of hydrogen-bond donors (Lipinski definition) is 2. The number of methoxy groups -OCH3 is 2. The largest absolute Gasteiger partial charge is 0.497 e. The van der Waals surface area contributed by atoms with Crippen molar-refractivity contribution >= 4 is 11.8 Å². The van der Waals surface area contributed by atoms with E-state index in [9.17, 15) is 9.90 Å². The molecule has 12 nitrogen and oxygen atoms in total. The van der Waals surface area contributed by atoms with E-state index in [-0.39, 0.29) is 19.0 Å². The summed E-state index contributed by atoms with van der Waals surface area (Å²) in [5.41, 5.74) is 6.00. The molecule has 2 aromatic heterocycles. The van der Waals surface area contributed by atoms with E-state index in [1.807, 2.05) is 83.8 Å². The summed E-state index contributed by atoms with van der Waals surface area (Å²) in [7, 11) is 3.24. The summed E-state index contributed by atoms with van der Waals surface area (Å²) in [5.74, 6) is 1.92. The van der Waals surface area contributed by atoms with Gasteiger partial charge in [-0.25, -0.2) is 14.8 Å². The van der Waals surface area contributed by atoms with Crippen LogP contribution in [0.15, 0.2) is 108 Å². The van der Waals surface area contributed by atoms with Gasteiger partial charge in [0.25, 0.3) is 0 Å². The van der Waals surface area contributed by atoms with Crippen LogP contribution < -0.4 is 25.8 Å². The lowest BCUT2D eigenvalue weighted by Gasteiger charge is -2.41. The lowest BCUT2D eigenvalue weighted by Crippen LogP contribution is -2.51. The molecule has 48 heavy (non-hydrogen) atoms. The van der Waals surface area contributed by atoms with E-state index in [0.717, 1.165) is 16.7 Å². The number of ether oxygens (including phenoxy) is 4. The smallest absolute Gasteiger partial charge is 0.351 e. The zero-order valence-corrected chi connectivity index (χ0v) is 26.8. The van der Waals surface area contributed by atoms with Gasteiger partial charge in [0.2, 0.25) is 5.95 Å². The summed E-state index contributed by atoms with van der Waals surface area (Å²) in [5, 5.41) is 12.1. The highest BCUT2D eigenvalue weighted by Gasteiger charge is 2.65. The molecule has 0 unspecified atom stereocenters. The number of nitrogen functional groups attached to an aromatic ring is 1. The second-order valence-electron chi connectivity index (χ2n) is 12.0. The summed E-state index contributed by atoms with van der Waals surface area (Å²) in [6.07, 6.45) is 2.83. The van der Waals surface area contributed by atoms with Crippen LogP contribution in [0.1, 0.15) is 28.5 Å². The molecule has 0 amide bonds. The first-order valence-electron chi connectivity index (χ1n) is 15.5. The first-order valence-corrected chi connectivity index (χ1v) is 15.5. The van der Waals surface area contributed by atoms with Crippen molar-refractivity contribution in [2.75, 3.05) is 38.0 Å². The Morgan fingerprint density at radius 3 is 2.08 bits per heavy atom. The minimum absolute atomic E-state index is 0.0758. The van der Waals surface area contributed by atoms with Crippen LogP contribution in [0.4, 0.5) is 11.8 Å². The third-order valence-electron chi connectivity index (χ3n) is 9.27. The van der Waals surface area contributed by atoms with Crippen molar-refractivity contribution in [1.82, 2.24) is 19.5 Å². The summed E-state index contributed by atoms with van der Waals surface area (Å²) in [4.78, 5) is 28.0. The number of nitrogens with two attached hydrogens (primary N) is 1. The molecule has 5 aromatic rings. The summed E-state index contributed by atoms with van der Waals surface area (Å²) in [6.45, 7) is 1.88. The molecule has 246 valence electrons. The average molecular weight is 649 g/mol. The fraction of sp³-hybridized carbons (Fsp3) is 0.278. The zero-order chi connectivity index (χ0) is 33.5. The van der Waals surface area contributed by atoms with Gasteiger partial charge in [-0.3, -0.25) is 4.57 Å². The van der Waals surface area contributed by atoms with Crippen molar-refractivity contribution in [2.24, 2.45) is 0 Å². The number of fused-ring (bicyclic) bond motifs is 2. The molecule has 2 saturated heterocycles. The van der Waals surface area contributed by atoms with Crippen LogP contribution in [-0.4, -0.2) is 69.7 Å². The van der Waals surface area contributed by atoms with Gasteiger partial charge in [0.05, 0.1) is 27.4 Å². The number of anilines is 2. The molecule has 2 aliphatic rings. The highest BCUT2D eigenvalue weighted by molar-refractivity contribution is 5.50. The van der Waals surface area contributed by atoms with Gasteiger partial charge in [-0.15, -0.1) is 0 Å². The van der Waals surface area contributed by atoms with Crippen LogP contribution >= 0.6 is 0 Å². The number of nitrogens with zero attached hydrogens (tertiary/aromatic N) is 5. The van der Waals surface area contributed by atoms with Gasteiger partial charge in [-0.2, -0.15) is 4.98 Å². The topological polar surface area (TPSA) is 147 Å². The molecule has 0 spiro atoms. The number of aliphatic hydroxyl groups excluding tert-OH is 1. The number of hydrogen-bond acceptors (Lipinski definition) is 11. The number of aromatic nitrogens is 4. The van der Waals surface area contributed by atoms with Crippen LogP contribution in [0.25, 0.3) is 0 Å². The van der Waals surface area contributed by atoms with Gasteiger partial charge in [-0.05, 0) is 53.9 Å². The zero-order valence-electron chi connectivity index (χ0n) is 26.8. The summed E-state index contributed by atoms with van der Waals surface area (Å²) < 4.78 is 26.2. The predicted octanol–water partition coefficient (Wildman–Crippen LogP) is 3.47. The quantitative estimate of drug-likeness (QED) is 0.215. The Balaban J connectivity index is 1.36. The van der Waals surface area contributed by atoms with Crippen molar-refractivity contribution in [2.45, 2.75) is 36.5 Å². The van der Waals surface area contributed by atoms with Crippen molar-refractivity contribution in [3.05, 3.63) is 136 Å². The third-order valence-corrected chi connectivity index (χ3v) is 9.27. The number of rotatable bonds is 10. The maximum absolute atomic E-state index is 13.2. The Kier molecular flexibility index (Phi) is 8.07. The molecule has 3 N–H and O–H groups in total. The normalized spacial score (nSPS) is 21.8. The van der Waals surface area contributed by atoms with Gasteiger partial charge in [0, 0.05) is 24.2 Å². The SMILES string of the molecule is COc1ccc(C(OC[C@@]23CN(c4ncccn4)[C@@H]([C@H](n4cc(C)c(N)nc4=O)O2)[C@@H]3O)(c2ccccc2)c2ccc(OC)cc2)cc1. The third kappa shape index (κ3) is 5.14. The van der Waals surface area contributed by atoms with E-state index in [1.165, 1.54) is 4.57 Å². The minimum atomic E-state index is -1.30. The van der Waals surface area contributed by atoms with E-state index in [4.69, 9.17) is 24.7 Å². The molecule has 12 heteroatoms. The van der Waals surface area contributed by atoms with Crippen LogP contribution in [-0.2, 0) is 15.1 Å². The second-order valence-corrected chi connectivity index (χ2v) is 12.0. The molecule has 0 radical (unpaired) electrons. The monoisotopic (exact) mass is 648 g/mol. The molecule has 0 saturated carbocycles. The summed E-state index contributed by atoms with van der Waals surface area (Å²) in [6, 6.07) is 26.3. The molecular formula is C36H36N6O6. The molecule has 7 rings (SSSR count). The van der Waals surface area contributed by atoms with Gasteiger partial charge in [0.1, 0.15) is 40.7 Å². The van der Waals surface area contributed by atoms with Crippen molar-refractivity contribution in [3.63, 3.8) is 0 Å². The molecule has 3 aromatic carbocycles. The van der Waals surface area contributed by atoms with Gasteiger partial charge in [0.15, 0.2) is 6.23 Å². The van der Waals surface area contributed by atoms with Crippen molar-refractivity contribution in [3.8, 4) is 11.5 Å². The number of aliphatic hydroxyl groups is 1.